The molecular weight excluding hydrogens is 245 g/mol. The Hall–Kier alpha value is -2.36. The standard InChI is InChI=1S/C15H14FNO2/c1-10(15(18)19)6-7-11(2)17-9-8-12-4-3-5-13(16)14(12)17/h3-9H,1-2H3,(H,18,19)/b10-6+,11-7+. The average Bonchev–Trinajstić information content (AvgIpc) is 2.80. The molecule has 0 amide bonds. The molecule has 0 unspecified atom stereocenters. The first kappa shape index (κ1) is 13.1. The number of aromatic nitrogens is 1. The molecule has 2 aromatic rings. The van der Waals surface area contributed by atoms with E-state index in [0.29, 0.717) is 5.52 Å². The van der Waals surface area contributed by atoms with Gasteiger partial charge >= 0.3 is 5.97 Å². The zero-order chi connectivity index (χ0) is 14.0. The van der Waals surface area contributed by atoms with Crippen LogP contribution in [0.2, 0.25) is 0 Å². The second-order valence-corrected chi connectivity index (χ2v) is 4.33. The van der Waals surface area contributed by atoms with Gasteiger partial charge in [-0.1, -0.05) is 18.2 Å². The largest absolute Gasteiger partial charge is 0.478 e. The van der Waals surface area contributed by atoms with Gasteiger partial charge in [-0.25, -0.2) is 9.18 Å². The molecule has 1 N–H and O–H groups in total. The third-order valence-electron chi connectivity index (χ3n) is 2.95. The molecule has 2 rings (SSSR count). The predicted molar refractivity (Wildman–Crippen MR) is 73.2 cm³/mol. The van der Waals surface area contributed by atoms with Gasteiger partial charge < -0.3 is 9.67 Å². The van der Waals surface area contributed by atoms with Crippen molar-refractivity contribution in [3.63, 3.8) is 0 Å². The van der Waals surface area contributed by atoms with Crippen LogP contribution in [0.5, 0.6) is 0 Å². The van der Waals surface area contributed by atoms with Gasteiger partial charge in [0.1, 0.15) is 5.82 Å². The number of hydrogen-bond acceptors (Lipinski definition) is 1. The molecule has 19 heavy (non-hydrogen) atoms. The minimum Gasteiger partial charge on any atom is -0.478 e. The second-order valence-electron chi connectivity index (χ2n) is 4.33. The van der Waals surface area contributed by atoms with Gasteiger partial charge in [-0.3, -0.25) is 0 Å². The Labute approximate surface area is 110 Å². The number of rotatable bonds is 3. The number of para-hydroxylation sites is 1. The average molecular weight is 259 g/mol. The van der Waals surface area contributed by atoms with E-state index >= 15 is 0 Å². The summed E-state index contributed by atoms with van der Waals surface area (Å²) < 4.78 is 15.5. The maximum Gasteiger partial charge on any atom is 0.331 e. The topological polar surface area (TPSA) is 42.2 Å². The quantitative estimate of drug-likeness (QED) is 0.675. The molecule has 0 spiro atoms. The first-order valence-electron chi connectivity index (χ1n) is 5.85. The number of carboxylic acids is 1. The summed E-state index contributed by atoms with van der Waals surface area (Å²) in [6.45, 7) is 3.32. The molecular formula is C15H14FNO2. The van der Waals surface area contributed by atoms with Crippen molar-refractivity contribution in [3.05, 3.63) is 54.0 Å². The minimum atomic E-state index is -0.965. The smallest absolute Gasteiger partial charge is 0.331 e. The summed E-state index contributed by atoms with van der Waals surface area (Å²) in [6.07, 6.45) is 4.93. The van der Waals surface area contributed by atoms with Crippen LogP contribution < -0.4 is 0 Å². The summed E-state index contributed by atoms with van der Waals surface area (Å²) in [6, 6.07) is 6.73. The fraction of sp³-hybridized carbons (Fsp3) is 0.133. The Balaban J connectivity index is 2.48. The number of nitrogens with zero attached hydrogens (tertiary/aromatic N) is 1. The summed E-state index contributed by atoms with van der Waals surface area (Å²) in [5, 5.41) is 9.59. The summed E-state index contributed by atoms with van der Waals surface area (Å²) in [5.74, 6) is -1.26. The van der Waals surface area contributed by atoms with E-state index in [1.807, 2.05) is 12.1 Å². The predicted octanol–water partition coefficient (Wildman–Crippen LogP) is 3.67. The molecule has 0 aliphatic heterocycles. The van der Waals surface area contributed by atoms with Crippen LogP contribution in [0.25, 0.3) is 16.6 Å². The molecule has 1 aromatic carbocycles. The number of benzene rings is 1. The van der Waals surface area contributed by atoms with E-state index in [4.69, 9.17) is 5.11 Å². The van der Waals surface area contributed by atoms with Crippen LogP contribution in [0.1, 0.15) is 13.8 Å². The van der Waals surface area contributed by atoms with Crippen molar-refractivity contribution < 1.29 is 14.3 Å². The molecule has 0 aliphatic rings. The van der Waals surface area contributed by atoms with E-state index in [1.165, 1.54) is 19.1 Å². The summed E-state index contributed by atoms with van der Waals surface area (Å²) in [7, 11) is 0. The maximum absolute atomic E-state index is 13.8. The molecule has 0 bridgehead atoms. The summed E-state index contributed by atoms with van der Waals surface area (Å²) >= 11 is 0. The molecule has 0 fully saturated rings. The summed E-state index contributed by atoms with van der Waals surface area (Å²) in [5.41, 5.74) is 1.48. The lowest BCUT2D eigenvalue weighted by atomic mass is 10.2. The maximum atomic E-state index is 13.8. The number of hydrogen-bond donors (Lipinski definition) is 1. The number of aliphatic carboxylic acids is 1. The van der Waals surface area contributed by atoms with Crippen molar-refractivity contribution >= 4 is 22.6 Å². The van der Waals surface area contributed by atoms with E-state index in [9.17, 15) is 9.18 Å². The van der Waals surface area contributed by atoms with Gasteiger partial charge in [0.25, 0.3) is 0 Å². The molecule has 4 heteroatoms. The highest BCUT2D eigenvalue weighted by molar-refractivity contribution is 5.87. The van der Waals surface area contributed by atoms with Crippen LogP contribution >= 0.6 is 0 Å². The van der Waals surface area contributed by atoms with Crippen molar-refractivity contribution in [2.75, 3.05) is 0 Å². The van der Waals surface area contributed by atoms with Crippen molar-refractivity contribution in [2.45, 2.75) is 13.8 Å². The van der Waals surface area contributed by atoms with Crippen molar-refractivity contribution in [1.29, 1.82) is 0 Å². The van der Waals surface area contributed by atoms with E-state index in [2.05, 4.69) is 0 Å². The highest BCUT2D eigenvalue weighted by atomic mass is 19.1. The minimum absolute atomic E-state index is 0.233. The Kier molecular flexibility index (Phi) is 3.51. The molecule has 0 saturated heterocycles. The highest BCUT2D eigenvalue weighted by Gasteiger charge is 2.06. The van der Waals surface area contributed by atoms with Crippen molar-refractivity contribution in [2.24, 2.45) is 0 Å². The molecule has 0 aliphatic carbocycles. The van der Waals surface area contributed by atoms with Gasteiger partial charge in [-0.15, -0.1) is 0 Å². The monoisotopic (exact) mass is 259 g/mol. The number of carboxylic acid groups (broad SMARTS) is 1. The van der Waals surface area contributed by atoms with Gasteiger partial charge in [0, 0.05) is 22.9 Å². The Morgan fingerprint density at radius 1 is 1.26 bits per heavy atom. The third kappa shape index (κ3) is 2.57. The number of allylic oxidation sites excluding steroid dienone is 3. The zero-order valence-corrected chi connectivity index (χ0v) is 10.7. The van der Waals surface area contributed by atoms with E-state index in [-0.39, 0.29) is 11.4 Å². The van der Waals surface area contributed by atoms with Crippen LogP contribution in [0.3, 0.4) is 0 Å². The third-order valence-corrected chi connectivity index (χ3v) is 2.95. The normalized spacial score (nSPS) is 13.0. The molecule has 3 nitrogen and oxygen atoms in total. The lowest BCUT2D eigenvalue weighted by Crippen LogP contribution is -1.96. The van der Waals surface area contributed by atoms with Gasteiger partial charge in [0.2, 0.25) is 0 Å². The van der Waals surface area contributed by atoms with Crippen LogP contribution in [0.15, 0.2) is 48.2 Å². The van der Waals surface area contributed by atoms with Gasteiger partial charge in [0.15, 0.2) is 0 Å². The summed E-state index contributed by atoms with van der Waals surface area (Å²) in [4.78, 5) is 10.7. The van der Waals surface area contributed by atoms with Crippen LogP contribution in [0.4, 0.5) is 4.39 Å². The van der Waals surface area contributed by atoms with E-state index in [0.717, 1.165) is 11.1 Å². The van der Waals surface area contributed by atoms with E-state index < -0.39 is 5.97 Å². The lowest BCUT2D eigenvalue weighted by Gasteiger charge is -2.05. The molecule has 98 valence electrons. The molecule has 0 atom stereocenters. The van der Waals surface area contributed by atoms with Crippen molar-refractivity contribution in [3.8, 4) is 0 Å². The molecule has 1 heterocycles. The Morgan fingerprint density at radius 3 is 2.68 bits per heavy atom. The first-order valence-corrected chi connectivity index (χ1v) is 5.85. The van der Waals surface area contributed by atoms with Gasteiger partial charge in [-0.05, 0) is 32.1 Å². The number of fused-ring (bicyclic) bond motifs is 1. The fourth-order valence-electron chi connectivity index (χ4n) is 1.84. The van der Waals surface area contributed by atoms with Crippen LogP contribution in [-0.2, 0) is 4.79 Å². The van der Waals surface area contributed by atoms with Crippen LogP contribution in [-0.4, -0.2) is 15.6 Å². The van der Waals surface area contributed by atoms with E-state index in [1.54, 1.807) is 29.8 Å². The zero-order valence-electron chi connectivity index (χ0n) is 10.7. The number of halogens is 1. The molecule has 1 aromatic heterocycles. The molecule has 0 radical (unpaired) electrons. The Morgan fingerprint density at radius 2 is 2.00 bits per heavy atom. The van der Waals surface area contributed by atoms with Gasteiger partial charge in [-0.2, -0.15) is 0 Å². The van der Waals surface area contributed by atoms with Crippen LogP contribution in [0, 0.1) is 5.82 Å². The van der Waals surface area contributed by atoms with Gasteiger partial charge in [0.05, 0.1) is 5.52 Å². The molecule has 0 saturated carbocycles. The SMILES string of the molecule is C/C(=C\C=C(/C)n1ccc2cccc(F)c21)C(=O)O. The van der Waals surface area contributed by atoms with Crippen molar-refractivity contribution in [1.82, 2.24) is 4.57 Å². The lowest BCUT2D eigenvalue weighted by molar-refractivity contribution is -0.132. The highest BCUT2D eigenvalue weighted by Crippen LogP contribution is 2.22. The fourth-order valence-corrected chi connectivity index (χ4v) is 1.84. The second kappa shape index (κ2) is 5.10. The first-order chi connectivity index (χ1) is 9.00. The number of carbonyl (C=O) groups is 1. The Bertz CT molecular complexity index is 695.